The van der Waals surface area contributed by atoms with Crippen molar-refractivity contribution in [3.05, 3.63) is 35.5 Å². The summed E-state index contributed by atoms with van der Waals surface area (Å²) < 4.78 is 15.9. The van der Waals surface area contributed by atoms with E-state index in [0.717, 1.165) is 0 Å². The Morgan fingerprint density at radius 2 is 2.14 bits per heavy atom. The van der Waals surface area contributed by atoms with Gasteiger partial charge in [-0.3, -0.25) is 0 Å². The van der Waals surface area contributed by atoms with Crippen LogP contribution in [0.25, 0.3) is 0 Å². The lowest BCUT2D eigenvalue weighted by atomic mass is 10.2. The summed E-state index contributed by atoms with van der Waals surface area (Å²) in [4.78, 5) is 15.4. The van der Waals surface area contributed by atoms with Gasteiger partial charge >= 0.3 is 5.97 Å². The molecule has 2 aromatic rings. The molecule has 0 bridgehead atoms. The Balaban J connectivity index is 2.22. The third-order valence-electron chi connectivity index (χ3n) is 2.68. The Hall–Kier alpha value is -2.57. The van der Waals surface area contributed by atoms with Crippen LogP contribution < -0.4 is 9.47 Å². The van der Waals surface area contributed by atoms with Crippen LogP contribution in [-0.2, 0) is 13.0 Å². The molecular weight excluding hydrogens is 276 g/mol. The molecule has 21 heavy (non-hydrogen) atoms. The first-order valence-corrected chi connectivity index (χ1v) is 6.59. The quantitative estimate of drug-likeness (QED) is 0.836. The number of carboxylic acids is 1. The second-order valence-electron chi connectivity index (χ2n) is 4.12. The van der Waals surface area contributed by atoms with Crippen LogP contribution in [0.2, 0.25) is 0 Å². The summed E-state index contributed by atoms with van der Waals surface area (Å²) in [7, 11) is 0. The van der Waals surface area contributed by atoms with Gasteiger partial charge in [0, 0.05) is 6.42 Å². The lowest BCUT2D eigenvalue weighted by molar-refractivity contribution is 0.0689. The molecule has 0 spiro atoms. The van der Waals surface area contributed by atoms with E-state index in [-0.39, 0.29) is 23.8 Å². The summed E-state index contributed by atoms with van der Waals surface area (Å²) in [5.41, 5.74) is 0.0242. The van der Waals surface area contributed by atoms with Crippen molar-refractivity contribution in [2.45, 2.75) is 26.9 Å². The van der Waals surface area contributed by atoms with Crippen molar-refractivity contribution in [2.24, 2.45) is 0 Å². The van der Waals surface area contributed by atoms with E-state index >= 15 is 0 Å². The number of aryl methyl sites for hydroxylation is 1. The fourth-order valence-corrected chi connectivity index (χ4v) is 1.73. The monoisotopic (exact) mass is 292 g/mol. The Labute approximate surface area is 121 Å². The van der Waals surface area contributed by atoms with Gasteiger partial charge in [-0.2, -0.15) is 4.98 Å². The number of aromatic nitrogens is 2. The number of ether oxygens (including phenoxy) is 2. The van der Waals surface area contributed by atoms with Crippen LogP contribution in [-0.4, -0.2) is 27.8 Å². The highest BCUT2D eigenvalue weighted by Gasteiger charge is 2.17. The van der Waals surface area contributed by atoms with Crippen molar-refractivity contribution in [1.29, 1.82) is 0 Å². The Morgan fingerprint density at radius 3 is 2.76 bits per heavy atom. The third kappa shape index (κ3) is 3.50. The number of hydrogen-bond acceptors (Lipinski definition) is 6. The van der Waals surface area contributed by atoms with Crippen LogP contribution >= 0.6 is 0 Å². The number of hydrogen-bond donors (Lipinski definition) is 1. The maximum absolute atomic E-state index is 11.3. The molecule has 1 N–H and O–H groups in total. The van der Waals surface area contributed by atoms with Crippen LogP contribution in [0.5, 0.6) is 11.5 Å². The average Bonchev–Trinajstić information content (AvgIpc) is 2.94. The Kier molecular flexibility index (Phi) is 4.76. The molecule has 0 aliphatic heterocycles. The highest BCUT2D eigenvalue weighted by Crippen LogP contribution is 2.32. The van der Waals surface area contributed by atoms with E-state index in [2.05, 4.69) is 10.1 Å². The summed E-state index contributed by atoms with van der Waals surface area (Å²) >= 11 is 0. The molecule has 0 amide bonds. The zero-order valence-corrected chi connectivity index (χ0v) is 11.8. The molecule has 0 saturated heterocycles. The predicted molar refractivity (Wildman–Crippen MR) is 72.6 cm³/mol. The summed E-state index contributed by atoms with van der Waals surface area (Å²) in [6.07, 6.45) is 0.652. The van der Waals surface area contributed by atoms with E-state index in [1.807, 2.05) is 13.8 Å². The number of carbonyl (C=O) groups is 1. The molecule has 1 heterocycles. The minimum absolute atomic E-state index is 0.0165. The Morgan fingerprint density at radius 1 is 1.33 bits per heavy atom. The molecule has 1 aromatic carbocycles. The second-order valence-corrected chi connectivity index (χ2v) is 4.12. The molecule has 0 fully saturated rings. The first kappa shape index (κ1) is 14.8. The molecule has 2 rings (SSSR count). The number of aromatic carboxylic acids is 1. The molecule has 0 radical (unpaired) electrons. The van der Waals surface area contributed by atoms with E-state index in [9.17, 15) is 9.90 Å². The zero-order chi connectivity index (χ0) is 15.2. The van der Waals surface area contributed by atoms with Gasteiger partial charge in [-0.1, -0.05) is 18.1 Å². The van der Waals surface area contributed by atoms with Gasteiger partial charge in [-0.05, 0) is 19.1 Å². The van der Waals surface area contributed by atoms with E-state index < -0.39 is 5.97 Å². The van der Waals surface area contributed by atoms with Crippen LogP contribution in [0.15, 0.2) is 22.7 Å². The highest BCUT2D eigenvalue weighted by atomic mass is 16.5. The molecule has 0 atom stereocenters. The molecule has 0 aliphatic carbocycles. The molecular formula is C14H16N2O5. The van der Waals surface area contributed by atoms with Crippen molar-refractivity contribution in [2.75, 3.05) is 6.61 Å². The topological polar surface area (TPSA) is 94.7 Å². The maximum atomic E-state index is 11.3. The summed E-state index contributed by atoms with van der Waals surface area (Å²) in [6, 6.07) is 4.70. The maximum Gasteiger partial charge on any atom is 0.339 e. The van der Waals surface area contributed by atoms with Crippen molar-refractivity contribution in [3.8, 4) is 11.5 Å². The van der Waals surface area contributed by atoms with Gasteiger partial charge in [0.1, 0.15) is 5.56 Å². The van der Waals surface area contributed by atoms with Gasteiger partial charge in [0.25, 0.3) is 5.89 Å². The van der Waals surface area contributed by atoms with E-state index in [0.29, 0.717) is 24.6 Å². The molecule has 0 aliphatic rings. The molecule has 1 aromatic heterocycles. The zero-order valence-electron chi connectivity index (χ0n) is 11.8. The lowest BCUT2D eigenvalue weighted by Gasteiger charge is -2.12. The van der Waals surface area contributed by atoms with Crippen LogP contribution in [0.3, 0.4) is 0 Å². The number of para-hydroxylation sites is 1. The summed E-state index contributed by atoms with van der Waals surface area (Å²) in [5, 5.41) is 13.0. The van der Waals surface area contributed by atoms with E-state index in [1.165, 1.54) is 6.07 Å². The smallest absolute Gasteiger partial charge is 0.339 e. The fourth-order valence-electron chi connectivity index (χ4n) is 1.73. The average molecular weight is 292 g/mol. The number of nitrogens with zero attached hydrogens (tertiary/aromatic N) is 2. The van der Waals surface area contributed by atoms with Crippen molar-refractivity contribution in [3.63, 3.8) is 0 Å². The fraction of sp³-hybridized carbons (Fsp3) is 0.357. The summed E-state index contributed by atoms with van der Waals surface area (Å²) in [5.74, 6) is 0.293. The minimum Gasteiger partial charge on any atom is -0.490 e. The van der Waals surface area contributed by atoms with Crippen LogP contribution in [0, 0.1) is 0 Å². The normalized spacial score (nSPS) is 10.4. The molecule has 0 unspecified atom stereocenters. The van der Waals surface area contributed by atoms with E-state index in [4.69, 9.17) is 14.0 Å². The minimum atomic E-state index is -1.09. The highest BCUT2D eigenvalue weighted by molar-refractivity contribution is 5.92. The number of carboxylic acid groups (broad SMARTS) is 1. The van der Waals surface area contributed by atoms with E-state index in [1.54, 1.807) is 12.1 Å². The van der Waals surface area contributed by atoms with Crippen molar-refractivity contribution >= 4 is 5.97 Å². The van der Waals surface area contributed by atoms with Crippen molar-refractivity contribution in [1.82, 2.24) is 10.1 Å². The molecule has 7 nitrogen and oxygen atoms in total. The first-order valence-electron chi connectivity index (χ1n) is 6.59. The van der Waals surface area contributed by atoms with Gasteiger partial charge in [0.2, 0.25) is 0 Å². The predicted octanol–water partition coefficient (Wildman–Crippen LogP) is 2.31. The van der Waals surface area contributed by atoms with Gasteiger partial charge in [-0.15, -0.1) is 0 Å². The van der Waals surface area contributed by atoms with Gasteiger partial charge < -0.3 is 19.1 Å². The molecule has 7 heteroatoms. The summed E-state index contributed by atoms with van der Waals surface area (Å²) in [6.45, 7) is 4.10. The van der Waals surface area contributed by atoms with Gasteiger partial charge in [-0.25, -0.2) is 4.79 Å². The van der Waals surface area contributed by atoms with Gasteiger partial charge in [0.05, 0.1) is 6.61 Å². The second kappa shape index (κ2) is 6.74. The van der Waals surface area contributed by atoms with Gasteiger partial charge in [0.15, 0.2) is 23.9 Å². The first-order chi connectivity index (χ1) is 10.2. The molecule has 112 valence electrons. The largest absolute Gasteiger partial charge is 0.490 e. The number of rotatable bonds is 7. The van der Waals surface area contributed by atoms with Crippen molar-refractivity contribution < 1.29 is 23.9 Å². The third-order valence-corrected chi connectivity index (χ3v) is 2.68. The number of benzene rings is 1. The van der Waals surface area contributed by atoms with Crippen LogP contribution in [0.4, 0.5) is 0 Å². The SMILES string of the molecule is CCOc1cccc(C(=O)O)c1OCc1nc(CC)no1. The standard InChI is InChI=1S/C14H16N2O5/c1-3-11-15-12(21-16-11)8-20-13-9(14(17)18)6-5-7-10(13)19-4-2/h5-7H,3-4,8H2,1-2H3,(H,17,18). The lowest BCUT2D eigenvalue weighted by Crippen LogP contribution is -2.06. The molecule has 0 saturated carbocycles. The van der Waals surface area contributed by atoms with Crippen LogP contribution in [0.1, 0.15) is 35.9 Å². The Bertz CT molecular complexity index is 624.